The van der Waals surface area contributed by atoms with E-state index in [1.54, 1.807) is 11.9 Å². The largest absolute Gasteiger partial charge is 0.378 e. The molecule has 0 atom stereocenters. The fraction of sp³-hybridized carbons (Fsp3) is 0.526. The fourth-order valence-electron chi connectivity index (χ4n) is 2.93. The average molecular weight is 390 g/mol. The Bertz CT molecular complexity index is 744. The van der Waals surface area contributed by atoms with Crippen LogP contribution in [0.5, 0.6) is 0 Å². The summed E-state index contributed by atoms with van der Waals surface area (Å²) in [5.41, 5.74) is 0.890. The second kappa shape index (κ2) is 9.23. The Balaban J connectivity index is 1.70. The van der Waals surface area contributed by atoms with E-state index in [4.69, 9.17) is 4.74 Å². The molecule has 7 nitrogen and oxygen atoms in total. The third-order valence-corrected chi connectivity index (χ3v) is 5.33. The van der Waals surface area contributed by atoms with E-state index < -0.39 is 0 Å². The van der Waals surface area contributed by atoms with Crippen LogP contribution in [0.4, 0.5) is 11.6 Å². The molecule has 1 fully saturated rings. The van der Waals surface area contributed by atoms with Crippen molar-refractivity contribution < 1.29 is 9.53 Å². The third-order valence-electron chi connectivity index (χ3n) is 4.38. The summed E-state index contributed by atoms with van der Waals surface area (Å²) in [6.07, 6.45) is 0. The minimum Gasteiger partial charge on any atom is -0.378 e. The standard InChI is InChI=1S/C19H27N5O2S/c1-15(2)13-24-18(23-9-11-26-12-10-23)20-21-19(24)27-14-17(25)22(3)16-7-5-4-6-8-16/h4-8,15H,9-14H2,1-3H3. The molecule has 0 radical (unpaired) electrons. The van der Waals surface area contributed by atoms with Crippen molar-refractivity contribution in [3.63, 3.8) is 0 Å². The summed E-state index contributed by atoms with van der Waals surface area (Å²) in [4.78, 5) is 16.5. The van der Waals surface area contributed by atoms with Crippen LogP contribution in [0.15, 0.2) is 35.5 Å². The Morgan fingerprint density at radius 1 is 1.22 bits per heavy atom. The number of rotatable bonds is 7. The number of carbonyl (C=O) groups excluding carboxylic acids is 1. The third kappa shape index (κ3) is 5.01. The van der Waals surface area contributed by atoms with Gasteiger partial charge in [-0.2, -0.15) is 0 Å². The molecular weight excluding hydrogens is 362 g/mol. The minimum absolute atomic E-state index is 0.0400. The molecular formula is C19H27N5O2S. The molecule has 27 heavy (non-hydrogen) atoms. The predicted octanol–water partition coefficient (Wildman–Crippen LogP) is 2.53. The van der Waals surface area contributed by atoms with Gasteiger partial charge in [0.1, 0.15) is 0 Å². The molecule has 3 rings (SSSR count). The van der Waals surface area contributed by atoms with Crippen LogP contribution in [0, 0.1) is 5.92 Å². The number of aromatic nitrogens is 3. The second-order valence-electron chi connectivity index (χ2n) is 6.96. The Kier molecular flexibility index (Phi) is 6.73. The van der Waals surface area contributed by atoms with Crippen molar-refractivity contribution in [2.75, 3.05) is 48.9 Å². The van der Waals surface area contributed by atoms with Crippen LogP contribution in [0.2, 0.25) is 0 Å². The lowest BCUT2D eigenvalue weighted by molar-refractivity contribution is -0.115. The number of thioether (sulfide) groups is 1. The maximum absolute atomic E-state index is 12.6. The van der Waals surface area contributed by atoms with Crippen LogP contribution >= 0.6 is 11.8 Å². The maximum Gasteiger partial charge on any atom is 0.237 e. The van der Waals surface area contributed by atoms with Gasteiger partial charge in [0.05, 0.1) is 19.0 Å². The van der Waals surface area contributed by atoms with Gasteiger partial charge in [-0.15, -0.1) is 10.2 Å². The number of morpholine rings is 1. The molecule has 1 aromatic heterocycles. The number of hydrogen-bond donors (Lipinski definition) is 0. The quantitative estimate of drug-likeness (QED) is 0.678. The van der Waals surface area contributed by atoms with E-state index in [0.29, 0.717) is 24.9 Å². The van der Waals surface area contributed by atoms with E-state index >= 15 is 0 Å². The maximum atomic E-state index is 12.6. The highest BCUT2D eigenvalue weighted by Gasteiger charge is 2.22. The molecule has 0 unspecified atom stereocenters. The number of para-hydroxylation sites is 1. The van der Waals surface area contributed by atoms with Crippen LogP contribution < -0.4 is 9.80 Å². The first-order valence-electron chi connectivity index (χ1n) is 9.26. The summed E-state index contributed by atoms with van der Waals surface area (Å²) in [6, 6.07) is 9.67. The highest BCUT2D eigenvalue weighted by atomic mass is 32.2. The van der Waals surface area contributed by atoms with Crippen molar-refractivity contribution in [2.45, 2.75) is 25.5 Å². The fourth-order valence-corrected chi connectivity index (χ4v) is 3.79. The Morgan fingerprint density at radius 3 is 2.59 bits per heavy atom. The smallest absolute Gasteiger partial charge is 0.237 e. The summed E-state index contributed by atoms with van der Waals surface area (Å²) in [7, 11) is 1.80. The number of nitrogens with zero attached hydrogens (tertiary/aromatic N) is 5. The first-order valence-corrected chi connectivity index (χ1v) is 10.2. The van der Waals surface area contributed by atoms with Gasteiger partial charge in [-0.05, 0) is 18.1 Å². The Hall–Kier alpha value is -2.06. The van der Waals surface area contributed by atoms with Gasteiger partial charge >= 0.3 is 0 Å². The van der Waals surface area contributed by atoms with Crippen LogP contribution in [0.1, 0.15) is 13.8 Å². The molecule has 1 aromatic carbocycles. The molecule has 0 N–H and O–H groups in total. The molecule has 0 spiro atoms. The summed E-state index contributed by atoms with van der Waals surface area (Å²) in [5, 5.41) is 9.57. The number of carbonyl (C=O) groups is 1. The van der Waals surface area contributed by atoms with Crippen LogP contribution in [-0.2, 0) is 16.1 Å². The van der Waals surface area contributed by atoms with E-state index in [1.807, 2.05) is 30.3 Å². The van der Waals surface area contributed by atoms with Gasteiger partial charge in [-0.1, -0.05) is 43.8 Å². The molecule has 1 saturated heterocycles. The van der Waals surface area contributed by atoms with Gasteiger partial charge in [0.2, 0.25) is 11.9 Å². The molecule has 1 aliphatic rings. The second-order valence-corrected chi connectivity index (χ2v) is 7.91. The first-order chi connectivity index (χ1) is 13.1. The SMILES string of the molecule is CC(C)Cn1c(SCC(=O)N(C)c2ccccc2)nnc1N1CCOCC1. The van der Waals surface area contributed by atoms with Gasteiger partial charge in [0.25, 0.3) is 0 Å². The van der Waals surface area contributed by atoms with E-state index in [0.717, 1.165) is 36.4 Å². The zero-order chi connectivity index (χ0) is 19.2. The van der Waals surface area contributed by atoms with E-state index in [9.17, 15) is 4.79 Å². The highest BCUT2D eigenvalue weighted by molar-refractivity contribution is 7.99. The first kappa shape index (κ1) is 19.7. The number of hydrogen-bond acceptors (Lipinski definition) is 6. The van der Waals surface area contributed by atoms with Crippen LogP contribution in [-0.4, -0.2) is 59.8 Å². The summed E-state index contributed by atoms with van der Waals surface area (Å²) < 4.78 is 7.58. The van der Waals surface area contributed by atoms with Gasteiger partial charge < -0.3 is 14.5 Å². The molecule has 0 bridgehead atoms. The lowest BCUT2D eigenvalue weighted by atomic mass is 10.2. The number of anilines is 2. The molecule has 0 saturated carbocycles. The van der Waals surface area contributed by atoms with Crippen molar-refractivity contribution >= 4 is 29.3 Å². The topological polar surface area (TPSA) is 63.5 Å². The van der Waals surface area contributed by atoms with Crippen LogP contribution in [0.25, 0.3) is 0 Å². The van der Waals surface area contributed by atoms with Crippen LogP contribution in [0.3, 0.4) is 0 Å². The average Bonchev–Trinajstić information content (AvgIpc) is 3.08. The number of benzene rings is 1. The van der Waals surface area contributed by atoms with Gasteiger partial charge in [-0.25, -0.2) is 0 Å². The molecule has 146 valence electrons. The van der Waals surface area contributed by atoms with E-state index in [-0.39, 0.29) is 5.91 Å². The summed E-state index contributed by atoms with van der Waals surface area (Å²) >= 11 is 1.45. The minimum atomic E-state index is 0.0400. The van der Waals surface area contributed by atoms with Crippen molar-refractivity contribution in [3.05, 3.63) is 30.3 Å². The van der Waals surface area contributed by atoms with Crippen molar-refractivity contribution in [1.82, 2.24) is 14.8 Å². The van der Waals surface area contributed by atoms with Gasteiger partial charge in [0, 0.05) is 32.4 Å². The lowest BCUT2D eigenvalue weighted by Gasteiger charge is -2.28. The molecule has 1 aliphatic heterocycles. The Labute approximate surface area is 164 Å². The zero-order valence-corrected chi connectivity index (χ0v) is 17.0. The predicted molar refractivity (Wildman–Crippen MR) is 108 cm³/mol. The highest BCUT2D eigenvalue weighted by Crippen LogP contribution is 2.25. The normalized spacial score (nSPS) is 14.6. The molecule has 2 heterocycles. The number of amides is 1. The number of ether oxygens (including phenoxy) is 1. The van der Waals surface area contributed by atoms with E-state index in [2.05, 4.69) is 33.5 Å². The monoisotopic (exact) mass is 389 g/mol. The summed E-state index contributed by atoms with van der Waals surface area (Å²) in [5.74, 6) is 1.70. The van der Waals surface area contributed by atoms with Gasteiger partial charge in [-0.3, -0.25) is 9.36 Å². The van der Waals surface area contributed by atoms with Crippen molar-refractivity contribution in [2.24, 2.45) is 5.92 Å². The summed E-state index contributed by atoms with van der Waals surface area (Å²) in [6.45, 7) is 8.21. The van der Waals surface area contributed by atoms with E-state index in [1.165, 1.54) is 11.8 Å². The zero-order valence-electron chi connectivity index (χ0n) is 16.2. The molecule has 0 aliphatic carbocycles. The lowest BCUT2D eigenvalue weighted by Crippen LogP contribution is -2.38. The Morgan fingerprint density at radius 2 is 1.93 bits per heavy atom. The molecule has 1 amide bonds. The van der Waals surface area contributed by atoms with Gasteiger partial charge in [0.15, 0.2) is 5.16 Å². The molecule has 2 aromatic rings. The molecule has 8 heteroatoms. The van der Waals surface area contributed by atoms with Crippen molar-refractivity contribution in [1.29, 1.82) is 0 Å². The van der Waals surface area contributed by atoms with Crippen molar-refractivity contribution in [3.8, 4) is 0 Å².